The van der Waals surface area contributed by atoms with E-state index < -0.39 is 0 Å². The Labute approximate surface area is 139 Å². The van der Waals surface area contributed by atoms with Crippen LogP contribution in [0, 0.1) is 0 Å². The van der Waals surface area contributed by atoms with Crippen molar-refractivity contribution >= 4 is 23.7 Å². The summed E-state index contributed by atoms with van der Waals surface area (Å²) >= 11 is 5.85. The van der Waals surface area contributed by atoms with Crippen LogP contribution in [0.25, 0.3) is 11.1 Å². The molecule has 0 aliphatic carbocycles. The summed E-state index contributed by atoms with van der Waals surface area (Å²) in [5, 5.41) is 0.557. The Bertz CT molecular complexity index is 853. The average molecular weight is 320 g/mol. The van der Waals surface area contributed by atoms with E-state index in [0.29, 0.717) is 16.1 Å². The van der Waals surface area contributed by atoms with E-state index >= 15 is 0 Å². The van der Waals surface area contributed by atoms with Crippen LogP contribution in [-0.4, -0.2) is 12.1 Å². The number of ketones is 1. The molecular weight excluding hydrogens is 308 g/mol. The highest BCUT2D eigenvalue weighted by Gasteiger charge is 2.15. The number of halogens is 1. The monoisotopic (exact) mass is 319 g/mol. The molecule has 3 aromatic rings. The summed E-state index contributed by atoms with van der Waals surface area (Å²) in [6.45, 7) is 0. The smallest absolute Gasteiger partial charge is 0.234 e. The fourth-order valence-electron chi connectivity index (χ4n) is 2.39. The van der Waals surface area contributed by atoms with Crippen LogP contribution in [0.3, 0.4) is 0 Å². The van der Waals surface area contributed by atoms with Crippen molar-refractivity contribution in [2.24, 2.45) is 0 Å². The van der Waals surface area contributed by atoms with Crippen molar-refractivity contribution < 1.29 is 9.59 Å². The second-order valence-corrected chi connectivity index (χ2v) is 5.50. The third-order valence-electron chi connectivity index (χ3n) is 3.59. The van der Waals surface area contributed by atoms with Crippen LogP contribution in [0.2, 0.25) is 5.02 Å². The van der Waals surface area contributed by atoms with Crippen LogP contribution in [0.4, 0.5) is 0 Å². The zero-order valence-corrected chi connectivity index (χ0v) is 12.9. The first-order valence-corrected chi connectivity index (χ1v) is 7.45. The number of hydrogen-bond acceptors (Lipinski definition) is 2. The molecule has 0 aliphatic rings. The average Bonchev–Trinajstić information content (AvgIpc) is 2.62. The highest BCUT2D eigenvalue weighted by molar-refractivity contribution is 6.30. The predicted octanol–water partition coefficient (Wildman–Crippen LogP) is 4.70. The fraction of sp³-hybridized carbons (Fsp3) is 0. The van der Waals surface area contributed by atoms with Crippen LogP contribution < -0.4 is 0 Å². The van der Waals surface area contributed by atoms with E-state index in [1.807, 2.05) is 42.7 Å². The normalized spacial score (nSPS) is 10.3. The number of rotatable bonds is 4. The summed E-state index contributed by atoms with van der Waals surface area (Å²) in [4.78, 5) is 23.9. The van der Waals surface area contributed by atoms with Gasteiger partial charge in [0, 0.05) is 21.7 Å². The Morgan fingerprint density at radius 1 is 0.826 bits per heavy atom. The lowest BCUT2D eigenvalue weighted by molar-refractivity contribution is 0.103. The molecule has 23 heavy (non-hydrogen) atoms. The van der Waals surface area contributed by atoms with Gasteiger partial charge in [-0.05, 0) is 47.5 Å². The van der Waals surface area contributed by atoms with Gasteiger partial charge in [0.2, 0.25) is 6.29 Å². The van der Waals surface area contributed by atoms with Gasteiger partial charge >= 0.3 is 0 Å². The summed E-state index contributed by atoms with van der Waals surface area (Å²) in [5.74, 6) is -0.224. The highest BCUT2D eigenvalue weighted by Crippen LogP contribution is 2.24. The molecule has 0 spiro atoms. The van der Waals surface area contributed by atoms with Gasteiger partial charge in [-0.25, -0.2) is 0 Å². The molecule has 3 rings (SSSR count). The van der Waals surface area contributed by atoms with E-state index in [-0.39, 0.29) is 11.3 Å². The van der Waals surface area contributed by atoms with Crippen molar-refractivity contribution in [2.45, 2.75) is 0 Å². The Balaban J connectivity index is 2.08. The van der Waals surface area contributed by atoms with E-state index in [1.54, 1.807) is 36.4 Å². The van der Waals surface area contributed by atoms with E-state index in [9.17, 15) is 9.59 Å². The molecule has 0 saturated heterocycles. The van der Waals surface area contributed by atoms with E-state index in [2.05, 4.69) is 0 Å². The molecule has 0 saturated carbocycles. The van der Waals surface area contributed by atoms with Crippen LogP contribution in [0.15, 0.2) is 72.8 Å². The minimum atomic E-state index is -0.224. The fourth-order valence-corrected chi connectivity index (χ4v) is 2.51. The third-order valence-corrected chi connectivity index (χ3v) is 3.84. The summed E-state index contributed by atoms with van der Waals surface area (Å²) < 4.78 is 0. The molecule has 0 bridgehead atoms. The van der Waals surface area contributed by atoms with Crippen molar-refractivity contribution in [3.63, 3.8) is 0 Å². The lowest BCUT2D eigenvalue weighted by Gasteiger charge is -2.08. The largest absolute Gasteiger partial charge is 0.289 e. The van der Waals surface area contributed by atoms with E-state index in [4.69, 9.17) is 11.6 Å². The molecular formula is C20H12ClO2. The van der Waals surface area contributed by atoms with Gasteiger partial charge in [-0.3, -0.25) is 9.59 Å². The standard InChI is InChI=1S/C20H12ClO2/c21-18-10-8-15(9-11-18)20(23)19-12-16(6-7-17(19)13-22)14-4-2-1-3-5-14/h1-12H. The van der Waals surface area contributed by atoms with Gasteiger partial charge < -0.3 is 0 Å². The SMILES string of the molecule is O=[C]c1ccc(-c2ccccc2)cc1C(=O)c1ccc(Cl)cc1. The van der Waals surface area contributed by atoms with Crippen LogP contribution >= 0.6 is 11.6 Å². The van der Waals surface area contributed by atoms with Crippen molar-refractivity contribution in [1.82, 2.24) is 0 Å². The second-order valence-electron chi connectivity index (χ2n) is 5.06. The molecule has 3 heteroatoms. The highest BCUT2D eigenvalue weighted by atomic mass is 35.5. The van der Waals surface area contributed by atoms with Gasteiger partial charge in [0.05, 0.1) is 0 Å². The molecule has 0 atom stereocenters. The first kappa shape index (κ1) is 15.2. The third kappa shape index (κ3) is 3.22. The Kier molecular flexibility index (Phi) is 4.35. The molecule has 2 nitrogen and oxygen atoms in total. The predicted molar refractivity (Wildman–Crippen MR) is 91.6 cm³/mol. The van der Waals surface area contributed by atoms with Gasteiger partial charge in [-0.1, -0.05) is 48.0 Å². The Morgan fingerprint density at radius 2 is 1.52 bits per heavy atom. The first-order valence-electron chi connectivity index (χ1n) is 7.07. The molecule has 3 aromatic carbocycles. The van der Waals surface area contributed by atoms with Crippen molar-refractivity contribution in [2.75, 3.05) is 0 Å². The quantitative estimate of drug-likeness (QED) is 0.653. The van der Waals surface area contributed by atoms with Crippen molar-refractivity contribution in [3.8, 4) is 11.1 Å². The maximum Gasteiger partial charge on any atom is 0.234 e. The number of carbonyl (C=O) groups excluding carboxylic acids is 2. The maximum absolute atomic E-state index is 12.7. The van der Waals surface area contributed by atoms with Crippen molar-refractivity contribution in [3.05, 3.63) is 94.5 Å². The summed E-state index contributed by atoms with van der Waals surface area (Å²) in [6.07, 6.45) is 1.84. The number of hydrogen-bond donors (Lipinski definition) is 0. The second kappa shape index (κ2) is 6.59. The topological polar surface area (TPSA) is 34.1 Å². The van der Waals surface area contributed by atoms with Gasteiger partial charge in [0.15, 0.2) is 5.78 Å². The van der Waals surface area contributed by atoms with Crippen LogP contribution in [0.1, 0.15) is 21.5 Å². The number of carbonyl (C=O) groups is 1. The summed E-state index contributed by atoms with van der Waals surface area (Å²) in [5.41, 5.74) is 2.93. The van der Waals surface area contributed by atoms with E-state index in [1.165, 1.54) is 0 Å². The molecule has 111 valence electrons. The Morgan fingerprint density at radius 3 is 2.17 bits per heavy atom. The van der Waals surface area contributed by atoms with Gasteiger partial charge in [-0.15, -0.1) is 0 Å². The molecule has 0 amide bonds. The maximum atomic E-state index is 12.7. The minimum absolute atomic E-state index is 0.224. The first-order chi connectivity index (χ1) is 11.2. The summed E-state index contributed by atoms with van der Waals surface area (Å²) in [7, 11) is 0. The lowest BCUT2D eigenvalue weighted by Crippen LogP contribution is -2.05. The molecule has 0 unspecified atom stereocenters. The zero-order valence-electron chi connectivity index (χ0n) is 12.1. The van der Waals surface area contributed by atoms with Gasteiger partial charge in [0.25, 0.3) is 0 Å². The van der Waals surface area contributed by atoms with Gasteiger partial charge in [0.1, 0.15) is 0 Å². The Hall–Kier alpha value is -2.71. The molecule has 0 fully saturated rings. The molecule has 1 radical (unpaired) electrons. The number of benzene rings is 3. The molecule has 0 N–H and O–H groups in total. The molecule has 0 heterocycles. The van der Waals surface area contributed by atoms with Crippen molar-refractivity contribution in [1.29, 1.82) is 0 Å². The molecule has 0 aromatic heterocycles. The van der Waals surface area contributed by atoms with E-state index in [0.717, 1.165) is 11.1 Å². The van der Waals surface area contributed by atoms with Gasteiger partial charge in [-0.2, -0.15) is 0 Å². The zero-order chi connectivity index (χ0) is 16.2. The lowest BCUT2D eigenvalue weighted by atomic mass is 9.94. The summed E-state index contributed by atoms with van der Waals surface area (Å²) in [6, 6.07) is 21.5. The minimum Gasteiger partial charge on any atom is -0.289 e. The van der Waals surface area contributed by atoms with Crippen LogP contribution in [-0.2, 0) is 4.79 Å². The molecule has 0 aliphatic heterocycles. The van der Waals surface area contributed by atoms with Crippen LogP contribution in [0.5, 0.6) is 0 Å².